The molecule has 3 aromatic carbocycles. The zero-order chi connectivity index (χ0) is 32.8. The molecule has 9 heteroatoms. The molecule has 0 aliphatic carbocycles. The van der Waals surface area contributed by atoms with Crippen molar-refractivity contribution in [3.8, 4) is 11.8 Å². The second-order valence-corrected chi connectivity index (χ2v) is 12.9. The van der Waals surface area contributed by atoms with Gasteiger partial charge in [0.2, 0.25) is 11.8 Å². The van der Waals surface area contributed by atoms with Gasteiger partial charge in [0.05, 0.1) is 29.3 Å². The Morgan fingerprint density at radius 3 is 2.21 bits per heavy atom. The number of rotatable bonds is 10. The summed E-state index contributed by atoms with van der Waals surface area (Å²) in [6.07, 6.45) is 5.92. The Balaban J connectivity index is 1.03. The first-order valence-electron chi connectivity index (χ1n) is 16.5. The van der Waals surface area contributed by atoms with Gasteiger partial charge in [-0.15, -0.1) is 0 Å². The smallest absolute Gasteiger partial charge is 0.241 e. The topological polar surface area (TPSA) is 94.8 Å². The van der Waals surface area contributed by atoms with Crippen molar-refractivity contribution in [2.45, 2.75) is 50.4 Å². The fourth-order valence-corrected chi connectivity index (χ4v) is 6.67. The molecule has 4 heterocycles. The fraction of sp³-hybridized carbons (Fsp3) is 0.282. The molecule has 2 fully saturated rings. The van der Waals surface area contributed by atoms with Crippen molar-refractivity contribution in [2.24, 2.45) is 0 Å². The van der Waals surface area contributed by atoms with Crippen molar-refractivity contribution in [2.75, 3.05) is 35.6 Å². The fourth-order valence-electron chi connectivity index (χ4n) is 6.56. The molecule has 2 aliphatic rings. The quantitative estimate of drug-likeness (QED) is 0.114. The Morgan fingerprint density at radius 1 is 0.812 bits per heavy atom. The van der Waals surface area contributed by atoms with Crippen molar-refractivity contribution >= 4 is 34.4 Å². The largest absolute Gasteiger partial charge is 0.473 e. The first kappa shape index (κ1) is 31.8. The van der Waals surface area contributed by atoms with Crippen LogP contribution in [0.2, 0.25) is 5.15 Å². The number of pyridine rings is 2. The highest BCUT2D eigenvalue weighted by molar-refractivity contribution is 6.29. The maximum Gasteiger partial charge on any atom is 0.241 e. The summed E-state index contributed by atoms with van der Waals surface area (Å²) in [5.74, 6) is 1.28. The summed E-state index contributed by atoms with van der Waals surface area (Å²) in [5, 5.41) is 4.03. The van der Waals surface area contributed by atoms with Crippen molar-refractivity contribution in [1.29, 1.82) is 0 Å². The summed E-state index contributed by atoms with van der Waals surface area (Å²) in [4.78, 5) is 11.4. The van der Waals surface area contributed by atoms with E-state index in [1.54, 1.807) is 0 Å². The first-order chi connectivity index (χ1) is 23.5. The molecule has 0 bridgehead atoms. The molecule has 2 aliphatic heterocycles. The van der Waals surface area contributed by atoms with Gasteiger partial charge >= 0.3 is 0 Å². The molecule has 7 rings (SSSR count). The van der Waals surface area contributed by atoms with Crippen LogP contribution >= 0.6 is 11.6 Å². The number of hydrogen-bond donors (Lipinski definition) is 2. The van der Waals surface area contributed by atoms with Crippen LogP contribution in [0.1, 0.15) is 48.3 Å². The first-order valence-corrected chi connectivity index (χ1v) is 16.9. The van der Waals surface area contributed by atoms with E-state index in [1.165, 1.54) is 5.56 Å². The number of ether oxygens (including phenoxy) is 3. The lowest BCUT2D eigenvalue weighted by Crippen LogP contribution is -2.49. The van der Waals surface area contributed by atoms with Crippen LogP contribution in [0, 0.1) is 0 Å². The highest BCUT2D eigenvalue weighted by Crippen LogP contribution is 2.42. The third-order valence-corrected chi connectivity index (χ3v) is 9.63. The van der Waals surface area contributed by atoms with Crippen LogP contribution in [-0.4, -0.2) is 35.3 Å². The number of aromatic nitrogens is 2. The van der Waals surface area contributed by atoms with Crippen molar-refractivity contribution in [3.05, 3.63) is 131 Å². The van der Waals surface area contributed by atoms with E-state index in [0.717, 1.165) is 61.3 Å². The molecule has 48 heavy (non-hydrogen) atoms. The third kappa shape index (κ3) is 7.51. The van der Waals surface area contributed by atoms with Gasteiger partial charge in [-0.2, -0.15) is 4.98 Å². The lowest BCUT2D eigenvalue weighted by Gasteiger charge is -2.46. The molecule has 3 N–H and O–H groups in total. The molecule has 0 radical (unpaired) electrons. The second-order valence-electron chi connectivity index (χ2n) is 12.5. The molecule has 0 amide bonds. The number of nitrogens with two attached hydrogens (primary N) is 1. The number of anilines is 4. The number of nitrogens with one attached hydrogen (secondary N) is 1. The van der Waals surface area contributed by atoms with Crippen LogP contribution in [0.3, 0.4) is 0 Å². The van der Waals surface area contributed by atoms with E-state index in [-0.39, 0.29) is 5.60 Å². The minimum Gasteiger partial charge on any atom is -0.473 e. The summed E-state index contributed by atoms with van der Waals surface area (Å²) in [6.45, 7) is 3.25. The van der Waals surface area contributed by atoms with E-state index in [1.807, 2.05) is 97.2 Å². The maximum absolute atomic E-state index is 6.85. The van der Waals surface area contributed by atoms with Gasteiger partial charge in [0.25, 0.3) is 0 Å². The summed E-state index contributed by atoms with van der Waals surface area (Å²) in [7, 11) is 0. The van der Waals surface area contributed by atoms with Gasteiger partial charge in [-0.1, -0.05) is 84.4 Å². The van der Waals surface area contributed by atoms with Crippen LogP contribution < -0.4 is 25.4 Å². The summed E-state index contributed by atoms with van der Waals surface area (Å²) >= 11 is 5.99. The Hall–Kier alpha value is -4.79. The predicted octanol–water partition coefficient (Wildman–Crippen LogP) is 8.55. The van der Waals surface area contributed by atoms with E-state index >= 15 is 0 Å². The summed E-state index contributed by atoms with van der Waals surface area (Å²) in [6, 6.07) is 33.9. The zero-order valence-corrected chi connectivity index (χ0v) is 27.6. The van der Waals surface area contributed by atoms with Crippen LogP contribution in [0.4, 0.5) is 22.7 Å². The average Bonchev–Trinajstić information content (AvgIpc) is 3.13. The van der Waals surface area contributed by atoms with Crippen LogP contribution in [-0.2, 0) is 18.0 Å². The average molecular weight is 662 g/mol. The number of nitrogen functional groups attached to an aromatic ring is 1. The van der Waals surface area contributed by atoms with Gasteiger partial charge < -0.3 is 30.2 Å². The monoisotopic (exact) mass is 661 g/mol. The Labute approximate surface area is 286 Å². The van der Waals surface area contributed by atoms with Gasteiger partial charge in [0.1, 0.15) is 24.1 Å². The SMILES string of the molecule is Nc1c(Nc2ccc(OCc3ccccc3)nc2OCc2ccccc2)cccc1N1CCC2(CCC(c3ccc(Cl)nc3)CO2)CC1. The third-order valence-electron chi connectivity index (χ3n) is 9.41. The zero-order valence-electron chi connectivity index (χ0n) is 26.9. The Kier molecular flexibility index (Phi) is 9.63. The van der Waals surface area contributed by atoms with Crippen molar-refractivity contribution < 1.29 is 14.2 Å². The van der Waals surface area contributed by atoms with Gasteiger partial charge in [0.15, 0.2) is 0 Å². The molecule has 1 spiro atoms. The van der Waals surface area contributed by atoms with Gasteiger partial charge in [-0.25, -0.2) is 4.98 Å². The molecule has 8 nitrogen and oxygen atoms in total. The van der Waals surface area contributed by atoms with E-state index < -0.39 is 0 Å². The number of para-hydroxylation sites is 1. The second kappa shape index (κ2) is 14.5. The van der Waals surface area contributed by atoms with Crippen molar-refractivity contribution in [3.63, 3.8) is 0 Å². The lowest BCUT2D eigenvalue weighted by atomic mass is 9.80. The Morgan fingerprint density at radius 2 is 1.54 bits per heavy atom. The number of piperidine rings is 1. The normalized spacial score (nSPS) is 17.2. The maximum atomic E-state index is 6.85. The van der Waals surface area contributed by atoms with Crippen molar-refractivity contribution in [1.82, 2.24) is 9.97 Å². The van der Waals surface area contributed by atoms with Crippen LogP contribution in [0.5, 0.6) is 11.8 Å². The van der Waals surface area contributed by atoms with E-state index in [2.05, 4.69) is 27.3 Å². The van der Waals surface area contributed by atoms with E-state index in [0.29, 0.717) is 54.0 Å². The molecule has 1 atom stereocenters. The summed E-state index contributed by atoms with van der Waals surface area (Å²) < 4.78 is 18.9. The van der Waals surface area contributed by atoms with Crippen LogP contribution in [0.25, 0.3) is 0 Å². The molecule has 0 saturated carbocycles. The molecular formula is C39H40ClN5O3. The molecule has 2 saturated heterocycles. The van der Waals surface area contributed by atoms with Gasteiger partial charge in [-0.3, -0.25) is 0 Å². The highest BCUT2D eigenvalue weighted by atomic mass is 35.5. The minimum absolute atomic E-state index is 0.0849. The Bertz CT molecular complexity index is 1790. The predicted molar refractivity (Wildman–Crippen MR) is 191 cm³/mol. The van der Waals surface area contributed by atoms with E-state index in [4.69, 9.17) is 36.5 Å². The standard InChI is InChI=1S/C39H40ClN5O3/c40-35-16-14-30(24-42-35)31-18-19-39(48-27-31)20-22-45(23-21-39)34-13-7-12-32(37(34)41)43-33-15-17-36(46-25-28-8-3-1-4-9-28)44-38(33)47-26-29-10-5-2-6-11-29/h1-17,24,31,43H,18-23,25-27,41H2. The molecular weight excluding hydrogens is 622 g/mol. The number of benzene rings is 3. The highest BCUT2D eigenvalue weighted by Gasteiger charge is 2.40. The van der Waals surface area contributed by atoms with Gasteiger partial charge in [0, 0.05) is 31.3 Å². The molecule has 1 unspecified atom stereocenters. The van der Waals surface area contributed by atoms with Crippen LogP contribution in [0.15, 0.2) is 109 Å². The number of nitrogens with zero attached hydrogens (tertiary/aromatic N) is 3. The molecule has 246 valence electrons. The molecule has 5 aromatic rings. The molecule has 2 aromatic heterocycles. The number of hydrogen-bond acceptors (Lipinski definition) is 8. The number of halogens is 1. The van der Waals surface area contributed by atoms with Gasteiger partial charge in [-0.05, 0) is 66.6 Å². The van der Waals surface area contributed by atoms with E-state index in [9.17, 15) is 0 Å². The summed E-state index contributed by atoms with van der Waals surface area (Å²) in [5.41, 5.74) is 13.3. The lowest BCUT2D eigenvalue weighted by molar-refractivity contribution is -0.100. The minimum atomic E-state index is -0.0849.